The summed E-state index contributed by atoms with van der Waals surface area (Å²) in [7, 11) is -3.74. The van der Waals surface area contributed by atoms with Crippen molar-refractivity contribution in [2.75, 3.05) is 0 Å². The Morgan fingerprint density at radius 1 is 0.842 bits per heavy atom. The van der Waals surface area contributed by atoms with Gasteiger partial charge < -0.3 is 0 Å². The van der Waals surface area contributed by atoms with Gasteiger partial charge in [-0.05, 0) is 5.56 Å². The molecule has 0 aliphatic heterocycles. The predicted molar refractivity (Wildman–Crippen MR) is 78.9 cm³/mol. The van der Waals surface area contributed by atoms with E-state index in [0.717, 1.165) is 0 Å². The smallest absolute Gasteiger partial charge is 0.225 e. The van der Waals surface area contributed by atoms with Crippen molar-refractivity contribution in [2.24, 2.45) is 0 Å². The summed E-state index contributed by atoms with van der Waals surface area (Å²) in [6, 6.07) is 17.2. The highest BCUT2D eigenvalue weighted by Gasteiger charge is 2.41. The van der Waals surface area contributed by atoms with E-state index < -0.39 is 13.5 Å². The number of sulfone groups is 1. The molecule has 0 N–H and O–H groups in total. The first-order valence-corrected chi connectivity index (χ1v) is 8.04. The first kappa shape index (κ1) is 14.4. The molecule has 2 aromatic carbocycles. The van der Waals surface area contributed by atoms with Gasteiger partial charge in [-0.15, -0.1) is 0 Å². The molecule has 0 radical (unpaired) electrons. The molecule has 0 heterocycles. The predicted octanol–water partition coefficient (Wildman–Crippen LogP) is 3.89. The lowest BCUT2D eigenvalue weighted by Crippen LogP contribution is -2.25. The Kier molecular flexibility index (Phi) is 4.19. The minimum atomic E-state index is -3.74. The minimum absolute atomic E-state index is 0.199. The van der Waals surface area contributed by atoms with Crippen LogP contribution in [0.5, 0.6) is 0 Å². The van der Waals surface area contributed by atoms with Gasteiger partial charge in [-0.25, -0.2) is 8.42 Å². The van der Waals surface area contributed by atoms with Crippen molar-refractivity contribution in [3.8, 4) is 0 Å². The summed E-state index contributed by atoms with van der Waals surface area (Å²) in [4.78, 5) is 0. The molecule has 2 rings (SSSR count). The maximum atomic E-state index is 12.4. The van der Waals surface area contributed by atoms with Crippen LogP contribution in [0.2, 0.25) is 0 Å². The summed E-state index contributed by atoms with van der Waals surface area (Å²) < 4.78 is 22.8. The molecule has 0 spiro atoms. The second-order valence-electron chi connectivity index (χ2n) is 4.13. The van der Waals surface area contributed by atoms with Crippen LogP contribution in [-0.2, 0) is 19.3 Å². The Morgan fingerprint density at radius 2 is 1.32 bits per heavy atom. The zero-order chi connectivity index (χ0) is 13.9. The van der Waals surface area contributed by atoms with Gasteiger partial charge in [0.1, 0.15) is 0 Å². The van der Waals surface area contributed by atoms with Crippen LogP contribution >= 0.6 is 23.2 Å². The van der Waals surface area contributed by atoms with Crippen LogP contribution in [-0.4, -0.2) is 8.42 Å². The van der Waals surface area contributed by atoms with Crippen molar-refractivity contribution in [1.82, 2.24) is 0 Å². The van der Waals surface area contributed by atoms with Gasteiger partial charge in [0.2, 0.25) is 3.67 Å². The van der Waals surface area contributed by atoms with Gasteiger partial charge in [0.25, 0.3) is 0 Å². The zero-order valence-corrected chi connectivity index (χ0v) is 12.3. The molecule has 0 unspecified atom stereocenters. The Hall–Kier alpha value is -1.03. The van der Waals surface area contributed by atoms with Crippen molar-refractivity contribution in [3.63, 3.8) is 0 Å². The summed E-state index contributed by atoms with van der Waals surface area (Å²) in [6.07, 6.45) is 0. The topological polar surface area (TPSA) is 34.1 Å². The molecule has 0 aliphatic rings. The summed E-state index contributed by atoms with van der Waals surface area (Å²) in [6.45, 7) is 0. The Balaban J connectivity index is 2.34. The molecule has 0 bridgehead atoms. The highest BCUT2D eigenvalue weighted by Crippen LogP contribution is 2.41. The van der Waals surface area contributed by atoms with Crippen molar-refractivity contribution in [1.29, 1.82) is 0 Å². The molecule has 0 amide bonds. The highest BCUT2D eigenvalue weighted by atomic mass is 35.5. The molecule has 2 nitrogen and oxygen atoms in total. The molecule has 5 heteroatoms. The molecular formula is C14H12Cl2O2S. The maximum absolute atomic E-state index is 12.4. The van der Waals surface area contributed by atoms with Crippen molar-refractivity contribution in [3.05, 3.63) is 71.8 Å². The van der Waals surface area contributed by atoms with E-state index >= 15 is 0 Å². The van der Waals surface area contributed by atoms with E-state index in [1.165, 1.54) is 0 Å². The number of halogens is 2. The number of benzene rings is 2. The quantitative estimate of drug-likeness (QED) is 0.802. The SMILES string of the molecule is O=S(=O)(Cc1ccccc1)C(Cl)(Cl)c1ccccc1. The summed E-state index contributed by atoms with van der Waals surface area (Å²) in [5.74, 6) is -0.199. The molecule has 0 saturated carbocycles. The van der Waals surface area contributed by atoms with Crippen molar-refractivity contribution in [2.45, 2.75) is 9.42 Å². The molecule has 0 atom stereocenters. The van der Waals surface area contributed by atoms with E-state index in [1.807, 2.05) is 6.07 Å². The third kappa shape index (κ3) is 3.11. The maximum Gasteiger partial charge on any atom is 0.243 e. The van der Waals surface area contributed by atoms with E-state index in [0.29, 0.717) is 11.1 Å². The number of rotatable bonds is 4. The average Bonchev–Trinajstić information content (AvgIpc) is 2.40. The lowest BCUT2D eigenvalue weighted by molar-refractivity contribution is 0.589. The fourth-order valence-electron chi connectivity index (χ4n) is 1.70. The van der Waals surface area contributed by atoms with Crippen LogP contribution in [0.25, 0.3) is 0 Å². The van der Waals surface area contributed by atoms with Gasteiger partial charge in [0, 0.05) is 5.56 Å². The average molecular weight is 315 g/mol. The van der Waals surface area contributed by atoms with E-state index in [4.69, 9.17) is 23.2 Å². The van der Waals surface area contributed by atoms with Crippen LogP contribution in [0.1, 0.15) is 11.1 Å². The number of hydrogen-bond acceptors (Lipinski definition) is 2. The molecular weight excluding hydrogens is 303 g/mol. The van der Waals surface area contributed by atoms with E-state index in [1.54, 1.807) is 54.6 Å². The minimum Gasteiger partial charge on any atom is -0.225 e. The molecule has 0 saturated heterocycles. The van der Waals surface area contributed by atoms with Crippen LogP contribution in [0, 0.1) is 0 Å². The fraction of sp³-hybridized carbons (Fsp3) is 0.143. The van der Waals surface area contributed by atoms with Crippen LogP contribution in [0.15, 0.2) is 60.7 Å². The van der Waals surface area contributed by atoms with Crippen LogP contribution in [0.3, 0.4) is 0 Å². The number of alkyl halides is 2. The second kappa shape index (κ2) is 5.53. The van der Waals surface area contributed by atoms with Crippen molar-refractivity contribution >= 4 is 33.0 Å². The zero-order valence-electron chi connectivity index (χ0n) is 9.96. The standard InChI is InChI=1S/C14H12Cl2O2S/c15-14(16,13-9-5-2-6-10-13)19(17,18)11-12-7-3-1-4-8-12/h1-10H,11H2. The van der Waals surface area contributed by atoms with E-state index in [9.17, 15) is 8.42 Å². The third-order valence-corrected chi connectivity index (χ3v) is 6.28. The van der Waals surface area contributed by atoms with Gasteiger partial charge in [-0.2, -0.15) is 0 Å². The molecule has 0 fully saturated rings. The van der Waals surface area contributed by atoms with Gasteiger partial charge in [0.05, 0.1) is 5.75 Å². The van der Waals surface area contributed by atoms with Gasteiger partial charge >= 0.3 is 0 Å². The lowest BCUT2D eigenvalue weighted by atomic mass is 10.2. The van der Waals surface area contributed by atoms with Gasteiger partial charge in [0.15, 0.2) is 9.84 Å². The lowest BCUT2D eigenvalue weighted by Gasteiger charge is -2.20. The molecule has 0 aliphatic carbocycles. The summed E-state index contributed by atoms with van der Waals surface area (Å²) in [5.41, 5.74) is 1.01. The highest BCUT2D eigenvalue weighted by molar-refractivity contribution is 7.94. The van der Waals surface area contributed by atoms with Crippen LogP contribution in [0.4, 0.5) is 0 Å². The summed E-state index contributed by atoms with van der Waals surface area (Å²) in [5, 5.41) is 0. The normalized spacial score (nSPS) is 12.3. The summed E-state index contributed by atoms with van der Waals surface area (Å²) >= 11 is 12.2. The van der Waals surface area contributed by atoms with E-state index in [2.05, 4.69) is 0 Å². The monoisotopic (exact) mass is 314 g/mol. The van der Waals surface area contributed by atoms with Crippen LogP contribution < -0.4 is 0 Å². The first-order chi connectivity index (χ1) is 8.93. The number of hydrogen-bond donors (Lipinski definition) is 0. The molecule has 19 heavy (non-hydrogen) atoms. The largest absolute Gasteiger partial charge is 0.243 e. The molecule has 2 aromatic rings. The van der Waals surface area contributed by atoms with E-state index in [-0.39, 0.29) is 5.75 Å². The fourth-order valence-corrected chi connectivity index (χ4v) is 3.58. The Morgan fingerprint density at radius 3 is 1.84 bits per heavy atom. The Labute approximate surface area is 122 Å². The van der Waals surface area contributed by atoms with Crippen molar-refractivity contribution < 1.29 is 8.42 Å². The van der Waals surface area contributed by atoms with Gasteiger partial charge in [-0.1, -0.05) is 83.9 Å². The third-order valence-electron chi connectivity index (χ3n) is 2.70. The molecule has 100 valence electrons. The second-order valence-corrected chi connectivity index (χ2v) is 8.03. The first-order valence-electron chi connectivity index (χ1n) is 5.63. The Bertz CT molecular complexity index is 638. The molecule has 0 aromatic heterocycles. The van der Waals surface area contributed by atoms with Gasteiger partial charge in [-0.3, -0.25) is 0 Å².